The number of benzene rings is 1. The van der Waals surface area contributed by atoms with Crippen molar-refractivity contribution < 1.29 is 9.18 Å². The average Bonchev–Trinajstić information content (AvgIpc) is 2.94. The van der Waals surface area contributed by atoms with Gasteiger partial charge in [0, 0.05) is 6.54 Å². The molecule has 1 amide bonds. The Labute approximate surface area is 114 Å². The van der Waals surface area contributed by atoms with Gasteiger partial charge in [-0.3, -0.25) is 4.79 Å². The largest absolute Gasteiger partial charge is 0.322 e. The Bertz CT molecular complexity index is 589. The average molecular weight is 275 g/mol. The Morgan fingerprint density at radius 3 is 2.74 bits per heavy atom. The molecule has 0 N–H and O–H groups in total. The number of aromatic nitrogens is 2. The number of hydrogen-bond donors (Lipinski definition) is 0. The van der Waals surface area contributed by atoms with E-state index < -0.39 is 0 Å². The van der Waals surface area contributed by atoms with E-state index in [4.69, 9.17) is 6.42 Å². The summed E-state index contributed by atoms with van der Waals surface area (Å²) >= 11 is 1.02. The lowest BCUT2D eigenvalue weighted by Crippen LogP contribution is -2.30. The molecule has 0 atom stereocenters. The summed E-state index contributed by atoms with van der Waals surface area (Å²) in [5, 5.41) is 3.62. The van der Waals surface area contributed by atoms with Gasteiger partial charge in [-0.25, -0.2) is 4.39 Å². The molecular weight excluding hydrogens is 265 g/mol. The number of carbonyl (C=O) groups excluding carboxylic acids is 1. The number of hydrogen-bond acceptors (Lipinski definition) is 4. The van der Waals surface area contributed by atoms with Crippen molar-refractivity contribution in [3.05, 3.63) is 46.7 Å². The summed E-state index contributed by atoms with van der Waals surface area (Å²) in [6.45, 7) is 0.495. The Hall–Kier alpha value is -2.26. The fraction of sp³-hybridized carbons (Fsp3) is 0.154. The van der Waals surface area contributed by atoms with Crippen molar-refractivity contribution in [2.75, 3.05) is 6.54 Å². The number of rotatable bonds is 4. The van der Waals surface area contributed by atoms with Crippen LogP contribution in [0, 0.1) is 18.2 Å². The first-order valence-electron chi connectivity index (χ1n) is 5.45. The van der Waals surface area contributed by atoms with Crippen molar-refractivity contribution in [1.29, 1.82) is 0 Å². The molecule has 1 heterocycles. The van der Waals surface area contributed by atoms with Gasteiger partial charge in [-0.05, 0) is 29.2 Å². The highest BCUT2D eigenvalue weighted by Crippen LogP contribution is 2.12. The molecule has 4 nitrogen and oxygen atoms in total. The Balaban J connectivity index is 2.14. The Kier molecular flexibility index (Phi) is 4.21. The van der Waals surface area contributed by atoms with Gasteiger partial charge in [-0.15, -0.1) is 11.5 Å². The second-order valence-electron chi connectivity index (χ2n) is 3.77. The van der Waals surface area contributed by atoms with Crippen molar-refractivity contribution in [1.82, 2.24) is 14.5 Å². The normalized spacial score (nSPS) is 9.89. The van der Waals surface area contributed by atoms with E-state index in [2.05, 4.69) is 15.5 Å². The van der Waals surface area contributed by atoms with Crippen LogP contribution in [0.1, 0.15) is 15.2 Å². The number of carbonyl (C=O) groups is 1. The monoisotopic (exact) mass is 275 g/mol. The zero-order valence-corrected chi connectivity index (χ0v) is 10.7. The van der Waals surface area contributed by atoms with Gasteiger partial charge in [0.25, 0.3) is 5.91 Å². The van der Waals surface area contributed by atoms with E-state index in [1.165, 1.54) is 23.2 Å². The lowest BCUT2D eigenvalue weighted by molar-refractivity contribution is 0.0770. The van der Waals surface area contributed by atoms with Crippen LogP contribution in [-0.2, 0) is 6.54 Å². The van der Waals surface area contributed by atoms with Crippen molar-refractivity contribution in [2.45, 2.75) is 6.54 Å². The van der Waals surface area contributed by atoms with Crippen molar-refractivity contribution in [3.63, 3.8) is 0 Å². The van der Waals surface area contributed by atoms with E-state index in [-0.39, 0.29) is 18.3 Å². The van der Waals surface area contributed by atoms with E-state index >= 15 is 0 Å². The maximum absolute atomic E-state index is 12.8. The Morgan fingerprint density at radius 1 is 1.42 bits per heavy atom. The maximum atomic E-state index is 12.8. The molecule has 0 spiro atoms. The number of amides is 1. The van der Waals surface area contributed by atoms with E-state index in [1.807, 2.05) is 0 Å². The minimum absolute atomic E-state index is 0.175. The van der Waals surface area contributed by atoms with Crippen LogP contribution in [0.15, 0.2) is 30.5 Å². The van der Waals surface area contributed by atoms with Gasteiger partial charge >= 0.3 is 0 Å². The molecule has 0 saturated heterocycles. The minimum Gasteiger partial charge on any atom is -0.322 e. The summed E-state index contributed by atoms with van der Waals surface area (Å²) in [4.78, 5) is 14.1. The van der Waals surface area contributed by atoms with Crippen LogP contribution in [0.5, 0.6) is 0 Å². The van der Waals surface area contributed by atoms with Gasteiger partial charge in [-0.1, -0.05) is 22.5 Å². The third kappa shape index (κ3) is 3.36. The summed E-state index contributed by atoms with van der Waals surface area (Å²) in [5.41, 5.74) is 0.808. The van der Waals surface area contributed by atoms with Gasteiger partial charge in [0.05, 0.1) is 12.7 Å². The first kappa shape index (κ1) is 13.2. The lowest BCUT2D eigenvalue weighted by atomic mass is 10.2. The van der Waals surface area contributed by atoms with E-state index in [9.17, 15) is 9.18 Å². The van der Waals surface area contributed by atoms with E-state index in [0.717, 1.165) is 17.1 Å². The first-order valence-corrected chi connectivity index (χ1v) is 6.22. The second-order valence-corrected chi connectivity index (χ2v) is 4.56. The van der Waals surface area contributed by atoms with Crippen LogP contribution in [-0.4, -0.2) is 26.9 Å². The van der Waals surface area contributed by atoms with E-state index in [1.54, 1.807) is 12.1 Å². The third-order valence-electron chi connectivity index (χ3n) is 2.43. The van der Waals surface area contributed by atoms with Gasteiger partial charge in [-0.2, -0.15) is 0 Å². The standard InChI is InChI=1S/C13H10FN3OS/c1-2-7-17(13(18)12-8-15-16-19-12)9-10-3-5-11(14)6-4-10/h1,3-6,8H,7,9H2. The molecule has 0 fully saturated rings. The number of terminal acetylenes is 1. The maximum Gasteiger partial charge on any atom is 0.268 e. The molecule has 0 aliphatic heterocycles. The van der Waals surface area contributed by atoms with Crippen molar-refractivity contribution >= 4 is 17.4 Å². The predicted molar refractivity (Wildman–Crippen MR) is 69.9 cm³/mol. The van der Waals surface area contributed by atoms with Crippen LogP contribution in [0.4, 0.5) is 4.39 Å². The van der Waals surface area contributed by atoms with Crippen LogP contribution < -0.4 is 0 Å². The molecule has 0 radical (unpaired) electrons. The topological polar surface area (TPSA) is 46.1 Å². The zero-order valence-electron chi connectivity index (χ0n) is 9.91. The third-order valence-corrected chi connectivity index (χ3v) is 3.08. The second kappa shape index (κ2) is 6.07. The summed E-state index contributed by atoms with van der Waals surface area (Å²) in [7, 11) is 0. The highest BCUT2D eigenvalue weighted by Gasteiger charge is 2.17. The van der Waals surface area contributed by atoms with Crippen LogP contribution in [0.2, 0.25) is 0 Å². The smallest absolute Gasteiger partial charge is 0.268 e. The highest BCUT2D eigenvalue weighted by molar-refractivity contribution is 7.07. The molecular formula is C13H10FN3OS. The summed E-state index contributed by atoms with van der Waals surface area (Å²) in [5.74, 6) is 1.90. The van der Waals surface area contributed by atoms with E-state index in [0.29, 0.717) is 11.4 Å². The highest BCUT2D eigenvalue weighted by atomic mass is 32.1. The molecule has 6 heteroatoms. The zero-order chi connectivity index (χ0) is 13.7. The minimum atomic E-state index is -0.315. The van der Waals surface area contributed by atoms with Crippen molar-refractivity contribution in [2.24, 2.45) is 0 Å². The van der Waals surface area contributed by atoms with Gasteiger partial charge in [0.1, 0.15) is 10.7 Å². The fourth-order valence-corrected chi connectivity index (χ4v) is 2.02. The van der Waals surface area contributed by atoms with Gasteiger partial charge in [0.15, 0.2) is 0 Å². The van der Waals surface area contributed by atoms with Gasteiger partial charge in [0.2, 0.25) is 0 Å². The molecule has 0 saturated carbocycles. The molecule has 2 aromatic rings. The number of halogens is 1. The summed E-state index contributed by atoms with van der Waals surface area (Å²) in [6.07, 6.45) is 6.67. The lowest BCUT2D eigenvalue weighted by Gasteiger charge is -2.19. The molecule has 19 heavy (non-hydrogen) atoms. The summed E-state index contributed by atoms with van der Waals surface area (Å²) in [6, 6.07) is 5.94. The van der Waals surface area contributed by atoms with Gasteiger partial charge < -0.3 is 4.90 Å². The van der Waals surface area contributed by atoms with Crippen LogP contribution in [0.25, 0.3) is 0 Å². The molecule has 0 bridgehead atoms. The predicted octanol–water partition coefficient (Wildman–Crippen LogP) is 1.95. The molecule has 1 aromatic heterocycles. The molecule has 0 aliphatic carbocycles. The van der Waals surface area contributed by atoms with Crippen molar-refractivity contribution in [3.8, 4) is 12.3 Å². The summed E-state index contributed by atoms with van der Waals surface area (Å²) < 4.78 is 16.5. The first-order chi connectivity index (χ1) is 9.20. The van der Waals surface area contributed by atoms with Crippen LogP contribution >= 0.6 is 11.5 Å². The molecule has 2 rings (SSSR count). The molecule has 96 valence electrons. The molecule has 1 aromatic carbocycles. The number of nitrogens with zero attached hydrogens (tertiary/aromatic N) is 3. The quantitative estimate of drug-likeness (QED) is 0.801. The van der Waals surface area contributed by atoms with Crippen LogP contribution in [0.3, 0.4) is 0 Å². The fourth-order valence-electron chi connectivity index (χ4n) is 1.54. The Morgan fingerprint density at radius 2 is 2.16 bits per heavy atom. The SMILES string of the molecule is C#CCN(Cc1ccc(F)cc1)C(=O)c1cnns1. The molecule has 0 aliphatic rings. The molecule has 0 unspecified atom stereocenters.